The molecule has 7 heteroatoms. The van der Waals surface area contributed by atoms with Crippen molar-refractivity contribution in [2.75, 3.05) is 6.54 Å². The molecule has 0 radical (unpaired) electrons. The quantitative estimate of drug-likeness (QED) is 0.913. The second kappa shape index (κ2) is 6.22. The molecule has 1 saturated heterocycles. The topological polar surface area (TPSA) is 79.6 Å². The van der Waals surface area contributed by atoms with Crippen LogP contribution in [-0.2, 0) is 16.1 Å². The van der Waals surface area contributed by atoms with E-state index in [2.05, 4.69) is 15.4 Å². The summed E-state index contributed by atoms with van der Waals surface area (Å²) >= 11 is 0. The number of rotatable bonds is 4. The van der Waals surface area contributed by atoms with E-state index in [9.17, 15) is 9.59 Å². The Morgan fingerprint density at radius 2 is 2.17 bits per heavy atom. The maximum absolute atomic E-state index is 12.4. The molecule has 0 unspecified atom stereocenters. The summed E-state index contributed by atoms with van der Waals surface area (Å²) in [5.41, 5.74) is 1.62. The summed E-state index contributed by atoms with van der Waals surface area (Å²) in [6, 6.07) is 2.16. The Morgan fingerprint density at radius 3 is 3.00 bits per heavy atom. The van der Waals surface area contributed by atoms with E-state index in [1.165, 1.54) is 12.8 Å². The minimum atomic E-state index is -0.243. The zero-order valence-corrected chi connectivity index (χ0v) is 13.5. The van der Waals surface area contributed by atoms with Gasteiger partial charge in [0.15, 0.2) is 5.65 Å². The maximum atomic E-state index is 12.4. The highest BCUT2D eigenvalue weighted by Crippen LogP contribution is 2.29. The summed E-state index contributed by atoms with van der Waals surface area (Å²) < 4.78 is 1.68. The monoisotopic (exact) mass is 327 g/mol. The predicted octanol–water partition coefficient (Wildman–Crippen LogP) is 1.14. The van der Waals surface area contributed by atoms with Crippen molar-refractivity contribution >= 4 is 17.5 Å². The number of hydrogen-bond acceptors (Lipinski definition) is 4. The van der Waals surface area contributed by atoms with Gasteiger partial charge >= 0.3 is 0 Å². The minimum absolute atomic E-state index is 0.0564. The largest absolute Gasteiger partial charge is 0.352 e. The van der Waals surface area contributed by atoms with Gasteiger partial charge in [0.2, 0.25) is 11.8 Å². The van der Waals surface area contributed by atoms with E-state index in [1.54, 1.807) is 16.9 Å². The highest BCUT2D eigenvalue weighted by atomic mass is 16.2. The average molecular weight is 327 g/mol. The van der Waals surface area contributed by atoms with Crippen LogP contribution >= 0.6 is 0 Å². The Morgan fingerprint density at radius 1 is 1.33 bits per heavy atom. The van der Waals surface area contributed by atoms with E-state index in [-0.39, 0.29) is 17.7 Å². The third-order valence-corrected chi connectivity index (χ3v) is 5.10. The molecule has 1 aliphatic heterocycles. The Hall–Kier alpha value is -2.44. The molecule has 1 aliphatic carbocycles. The van der Waals surface area contributed by atoms with Crippen molar-refractivity contribution in [1.29, 1.82) is 0 Å². The van der Waals surface area contributed by atoms with Crippen LogP contribution < -0.4 is 5.32 Å². The van der Waals surface area contributed by atoms with Gasteiger partial charge in [0.1, 0.15) is 0 Å². The van der Waals surface area contributed by atoms with E-state index < -0.39 is 0 Å². The summed E-state index contributed by atoms with van der Waals surface area (Å²) in [5.74, 6) is -0.174. The van der Waals surface area contributed by atoms with E-state index >= 15 is 0 Å². The molecular formula is C17H21N5O2. The molecule has 1 atom stereocenters. The highest BCUT2D eigenvalue weighted by molar-refractivity contribution is 5.89. The normalized spacial score (nSPS) is 21.8. The first kappa shape index (κ1) is 15.1. The first-order valence-corrected chi connectivity index (χ1v) is 8.57. The van der Waals surface area contributed by atoms with Gasteiger partial charge in [-0.1, -0.05) is 12.8 Å². The number of carbonyl (C=O) groups excluding carboxylic acids is 2. The number of fused-ring (bicyclic) bond motifs is 1. The SMILES string of the molecule is O=C(NCc1cnn2cccnc12)[C@@H]1CC(=O)N(C2CCCC2)C1. The molecule has 0 aromatic carbocycles. The van der Waals surface area contributed by atoms with Gasteiger partial charge < -0.3 is 10.2 Å². The molecule has 2 amide bonds. The van der Waals surface area contributed by atoms with Crippen LogP contribution in [0.15, 0.2) is 24.7 Å². The van der Waals surface area contributed by atoms with Crippen molar-refractivity contribution in [3.63, 3.8) is 0 Å². The summed E-state index contributed by atoms with van der Waals surface area (Å²) in [7, 11) is 0. The van der Waals surface area contributed by atoms with Gasteiger partial charge in [0.05, 0.1) is 12.1 Å². The maximum Gasteiger partial charge on any atom is 0.225 e. The van der Waals surface area contributed by atoms with Crippen LogP contribution in [0.4, 0.5) is 0 Å². The van der Waals surface area contributed by atoms with Gasteiger partial charge in [-0.2, -0.15) is 5.10 Å². The van der Waals surface area contributed by atoms with Gasteiger partial charge in [0, 0.05) is 43.5 Å². The van der Waals surface area contributed by atoms with Crippen LogP contribution in [0, 0.1) is 5.92 Å². The number of aromatic nitrogens is 3. The molecular weight excluding hydrogens is 306 g/mol. The Balaban J connectivity index is 1.37. The summed E-state index contributed by atoms with van der Waals surface area (Å²) in [6.45, 7) is 0.940. The van der Waals surface area contributed by atoms with Gasteiger partial charge in [0.25, 0.3) is 0 Å². The number of carbonyl (C=O) groups is 2. The van der Waals surface area contributed by atoms with Crippen molar-refractivity contribution in [3.8, 4) is 0 Å². The molecule has 7 nitrogen and oxygen atoms in total. The molecule has 0 spiro atoms. The van der Waals surface area contributed by atoms with E-state index in [1.807, 2.05) is 17.2 Å². The Kier molecular flexibility index (Phi) is 3.92. The van der Waals surface area contributed by atoms with E-state index in [4.69, 9.17) is 0 Å². The number of nitrogens with one attached hydrogen (secondary N) is 1. The van der Waals surface area contributed by atoms with E-state index in [0.717, 1.165) is 24.1 Å². The molecule has 2 fully saturated rings. The van der Waals surface area contributed by atoms with Crippen molar-refractivity contribution < 1.29 is 9.59 Å². The molecule has 2 aliphatic rings. The molecule has 2 aromatic heterocycles. The van der Waals surface area contributed by atoms with Crippen molar-refractivity contribution in [1.82, 2.24) is 24.8 Å². The van der Waals surface area contributed by atoms with Crippen molar-refractivity contribution in [2.45, 2.75) is 44.7 Å². The van der Waals surface area contributed by atoms with Gasteiger partial charge in [-0.05, 0) is 18.9 Å². The lowest BCUT2D eigenvalue weighted by Crippen LogP contribution is -2.36. The number of nitrogens with zero attached hydrogens (tertiary/aromatic N) is 4. The number of likely N-dealkylation sites (tertiary alicyclic amines) is 1. The van der Waals surface area contributed by atoms with Crippen LogP contribution in [-0.4, -0.2) is 43.9 Å². The fourth-order valence-corrected chi connectivity index (χ4v) is 3.80. The van der Waals surface area contributed by atoms with Crippen molar-refractivity contribution in [3.05, 3.63) is 30.2 Å². The molecule has 4 rings (SSSR count). The molecule has 1 saturated carbocycles. The lowest BCUT2D eigenvalue weighted by atomic mass is 10.1. The zero-order valence-electron chi connectivity index (χ0n) is 13.5. The highest BCUT2D eigenvalue weighted by Gasteiger charge is 2.38. The molecule has 1 N–H and O–H groups in total. The minimum Gasteiger partial charge on any atom is -0.352 e. The third-order valence-electron chi connectivity index (χ3n) is 5.10. The summed E-state index contributed by atoms with van der Waals surface area (Å²) in [5, 5.41) is 7.15. The standard InChI is InChI=1S/C17H21N5O2/c23-15-8-12(11-21(15)14-4-1-2-5-14)17(24)19-9-13-10-20-22-7-3-6-18-16(13)22/h3,6-7,10,12,14H,1-2,4-5,8-9,11H2,(H,19,24)/t12-/m1/s1. The lowest BCUT2D eigenvalue weighted by Gasteiger charge is -2.23. The second-order valence-corrected chi connectivity index (χ2v) is 6.66. The summed E-state index contributed by atoms with van der Waals surface area (Å²) in [4.78, 5) is 30.9. The fraction of sp³-hybridized carbons (Fsp3) is 0.529. The molecule has 3 heterocycles. The van der Waals surface area contributed by atoms with Gasteiger partial charge in [-0.15, -0.1) is 0 Å². The summed E-state index contributed by atoms with van der Waals surface area (Å²) in [6.07, 6.45) is 10.1. The lowest BCUT2D eigenvalue weighted by molar-refractivity contribution is -0.130. The molecule has 24 heavy (non-hydrogen) atoms. The van der Waals surface area contributed by atoms with Crippen LogP contribution in [0.5, 0.6) is 0 Å². The zero-order chi connectivity index (χ0) is 16.5. The average Bonchev–Trinajstić information content (AvgIpc) is 3.32. The van der Waals surface area contributed by atoms with Gasteiger partial charge in [-0.25, -0.2) is 9.50 Å². The molecule has 2 aromatic rings. The Labute approximate surface area is 140 Å². The first-order chi connectivity index (χ1) is 11.7. The molecule has 0 bridgehead atoms. The van der Waals surface area contributed by atoms with Crippen LogP contribution in [0.25, 0.3) is 5.65 Å². The second-order valence-electron chi connectivity index (χ2n) is 6.66. The third kappa shape index (κ3) is 2.74. The molecule has 126 valence electrons. The first-order valence-electron chi connectivity index (χ1n) is 8.57. The Bertz CT molecular complexity index is 765. The smallest absolute Gasteiger partial charge is 0.225 e. The van der Waals surface area contributed by atoms with Crippen molar-refractivity contribution in [2.24, 2.45) is 5.92 Å². The van der Waals surface area contributed by atoms with Crippen LogP contribution in [0.1, 0.15) is 37.7 Å². The van der Waals surface area contributed by atoms with Crippen LogP contribution in [0.2, 0.25) is 0 Å². The van der Waals surface area contributed by atoms with Crippen LogP contribution in [0.3, 0.4) is 0 Å². The number of amides is 2. The predicted molar refractivity (Wildman–Crippen MR) is 86.9 cm³/mol. The van der Waals surface area contributed by atoms with Gasteiger partial charge in [-0.3, -0.25) is 9.59 Å². The fourth-order valence-electron chi connectivity index (χ4n) is 3.80. The van der Waals surface area contributed by atoms with E-state index in [0.29, 0.717) is 25.6 Å². The number of hydrogen-bond donors (Lipinski definition) is 1.